The molecule has 0 aliphatic carbocycles. The van der Waals surface area contributed by atoms with Crippen LogP contribution in [0.25, 0.3) is 10.9 Å². The van der Waals surface area contributed by atoms with Gasteiger partial charge in [-0.1, -0.05) is 13.8 Å². The number of aromatic nitrogens is 1. The molecule has 0 saturated carbocycles. The molecule has 0 N–H and O–H groups in total. The molecule has 0 spiro atoms. The van der Waals surface area contributed by atoms with E-state index in [2.05, 4.69) is 0 Å². The number of methoxy groups -OCH3 is 1. The van der Waals surface area contributed by atoms with Crippen molar-refractivity contribution >= 4 is 23.3 Å². The molecule has 0 radical (unpaired) electrons. The minimum atomic E-state index is -0.582. The standard InChI is InChI=1S/C18H23NO4/c1-11(2)18(4,5)23-17(21)19-8-7-13-14(10-20)15(22-6)9-12(3)16(13)19/h7-11H,1-6H3. The van der Waals surface area contributed by atoms with Crippen LogP contribution in [0, 0.1) is 12.8 Å². The SMILES string of the molecule is COc1cc(C)c2c(ccn2C(=O)OC(C)(C)C(C)C)c1C=O. The van der Waals surface area contributed by atoms with Crippen LogP contribution >= 0.6 is 0 Å². The molecular formula is C18H23NO4. The number of carbonyl (C=O) groups is 2. The molecule has 0 aliphatic heterocycles. The van der Waals surface area contributed by atoms with Crippen molar-refractivity contribution in [2.45, 2.75) is 40.2 Å². The number of rotatable bonds is 4. The first-order valence-corrected chi connectivity index (χ1v) is 7.60. The second-order valence-corrected chi connectivity index (χ2v) is 6.50. The topological polar surface area (TPSA) is 57.5 Å². The number of ether oxygens (including phenoxy) is 2. The van der Waals surface area contributed by atoms with Gasteiger partial charge in [-0.25, -0.2) is 4.79 Å². The Balaban J connectivity index is 2.56. The molecular weight excluding hydrogens is 294 g/mol. The van der Waals surface area contributed by atoms with Crippen molar-refractivity contribution in [2.24, 2.45) is 5.92 Å². The van der Waals surface area contributed by atoms with E-state index in [1.54, 1.807) is 18.3 Å². The van der Waals surface area contributed by atoms with Crippen molar-refractivity contribution in [1.29, 1.82) is 0 Å². The number of aryl methyl sites for hydroxylation is 1. The number of hydrogen-bond acceptors (Lipinski definition) is 4. The van der Waals surface area contributed by atoms with Gasteiger partial charge in [0.15, 0.2) is 6.29 Å². The zero-order chi connectivity index (χ0) is 17.4. The summed E-state index contributed by atoms with van der Waals surface area (Å²) in [6.07, 6.45) is 1.92. The normalized spacial score (nSPS) is 11.8. The van der Waals surface area contributed by atoms with Gasteiger partial charge in [0.05, 0.1) is 18.2 Å². The Morgan fingerprint density at radius 1 is 1.35 bits per heavy atom. The predicted molar refractivity (Wildman–Crippen MR) is 89.4 cm³/mol. The number of fused-ring (bicyclic) bond motifs is 1. The number of hydrogen-bond donors (Lipinski definition) is 0. The maximum absolute atomic E-state index is 12.6. The second-order valence-electron chi connectivity index (χ2n) is 6.50. The van der Waals surface area contributed by atoms with E-state index in [9.17, 15) is 9.59 Å². The quantitative estimate of drug-likeness (QED) is 0.793. The van der Waals surface area contributed by atoms with E-state index in [-0.39, 0.29) is 5.92 Å². The lowest BCUT2D eigenvalue weighted by molar-refractivity contribution is 0.00641. The van der Waals surface area contributed by atoms with Gasteiger partial charge < -0.3 is 9.47 Å². The highest BCUT2D eigenvalue weighted by molar-refractivity contribution is 6.03. The van der Waals surface area contributed by atoms with E-state index in [4.69, 9.17) is 9.47 Å². The predicted octanol–water partition coefficient (Wildman–Crippen LogP) is 4.19. The molecule has 1 aromatic heterocycles. The largest absolute Gasteiger partial charge is 0.496 e. The summed E-state index contributed by atoms with van der Waals surface area (Å²) in [5, 5.41) is 0.677. The summed E-state index contributed by atoms with van der Waals surface area (Å²) < 4.78 is 12.3. The van der Waals surface area contributed by atoms with Crippen LogP contribution in [-0.2, 0) is 4.74 Å². The highest BCUT2D eigenvalue weighted by Crippen LogP contribution is 2.31. The van der Waals surface area contributed by atoms with Crippen LogP contribution in [0.4, 0.5) is 4.79 Å². The maximum Gasteiger partial charge on any atom is 0.419 e. The first kappa shape index (κ1) is 17.1. The molecule has 5 heteroatoms. The molecule has 2 aromatic rings. The first-order chi connectivity index (χ1) is 10.7. The third kappa shape index (κ3) is 2.96. The van der Waals surface area contributed by atoms with Crippen LogP contribution in [0.3, 0.4) is 0 Å². The molecule has 5 nitrogen and oxygen atoms in total. The molecule has 0 amide bonds. The summed E-state index contributed by atoms with van der Waals surface area (Å²) in [6, 6.07) is 3.49. The summed E-state index contributed by atoms with van der Waals surface area (Å²) in [7, 11) is 1.52. The van der Waals surface area contributed by atoms with Crippen LogP contribution in [0.1, 0.15) is 43.6 Å². The van der Waals surface area contributed by atoms with Crippen LogP contribution in [0.2, 0.25) is 0 Å². The van der Waals surface area contributed by atoms with E-state index in [1.165, 1.54) is 11.7 Å². The monoisotopic (exact) mass is 317 g/mol. The van der Waals surface area contributed by atoms with E-state index in [1.807, 2.05) is 34.6 Å². The van der Waals surface area contributed by atoms with E-state index in [0.717, 1.165) is 11.8 Å². The van der Waals surface area contributed by atoms with Crippen LogP contribution in [0.15, 0.2) is 18.3 Å². The molecule has 124 valence electrons. The maximum atomic E-state index is 12.6. The molecule has 0 fully saturated rings. The van der Waals surface area contributed by atoms with E-state index >= 15 is 0 Å². The zero-order valence-corrected chi connectivity index (χ0v) is 14.5. The summed E-state index contributed by atoms with van der Waals surface area (Å²) in [5.41, 5.74) is 1.36. The van der Waals surface area contributed by atoms with E-state index < -0.39 is 11.7 Å². The summed E-state index contributed by atoms with van der Waals surface area (Å²) in [6.45, 7) is 9.64. The molecule has 23 heavy (non-hydrogen) atoms. The fourth-order valence-electron chi connectivity index (χ4n) is 2.36. The van der Waals surface area contributed by atoms with Gasteiger partial charge >= 0.3 is 6.09 Å². The second kappa shape index (κ2) is 6.07. The van der Waals surface area contributed by atoms with Crippen molar-refractivity contribution in [2.75, 3.05) is 7.11 Å². The molecule has 0 aliphatic rings. The van der Waals surface area contributed by atoms with Gasteiger partial charge in [0.1, 0.15) is 11.4 Å². The van der Waals surface area contributed by atoms with Gasteiger partial charge in [-0.2, -0.15) is 0 Å². The zero-order valence-electron chi connectivity index (χ0n) is 14.5. The lowest BCUT2D eigenvalue weighted by atomic mass is 9.95. The Morgan fingerprint density at radius 3 is 2.52 bits per heavy atom. The van der Waals surface area contributed by atoms with Crippen LogP contribution in [-0.4, -0.2) is 29.7 Å². The lowest BCUT2D eigenvalue weighted by Crippen LogP contribution is -2.35. The molecule has 1 aromatic carbocycles. The van der Waals surface area contributed by atoms with E-state index in [0.29, 0.717) is 22.2 Å². The fraction of sp³-hybridized carbons (Fsp3) is 0.444. The van der Waals surface area contributed by atoms with Gasteiger partial charge in [-0.05, 0) is 44.4 Å². The number of carbonyl (C=O) groups excluding carboxylic acids is 2. The van der Waals surface area contributed by atoms with Gasteiger partial charge in [-0.15, -0.1) is 0 Å². The third-order valence-corrected chi connectivity index (χ3v) is 4.44. The summed E-state index contributed by atoms with van der Waals surface area (Å²) >= 11 is 0. The van der Waals surface area contributed by atoms with Crippen molar-refractivity contribution in [3.05, 3.63) is 29.5 Å². The minimum absolute atomic E-state index is 0.181. The number of aldehydes is 1. The minimum Gasteiger partial charge on any atom is -0.496 e. The molecule has 2 rings (SSSR count). The Hall–Kier alpha value is -2.30. The Morgan fingerprint density at radius 2 is 2.00 bits per heavy atom. The molecule has 0 saturated heterocycles. The molecule has 0 unspecified atom stereocenters. The van der Waals surface area contributed by atoms with Gasteiger partial charge in [0.25, 0.3) is 0 Å². The smallest absolute Gasteiger partial charge is 0.419 e. The highest BCUT2D eigenvalue weighted by atomic mass is 16.6. The average molecular weight is 317 g/mol. The van der Waals surface area contributed by atoms with Crippen molar-refractivity contribution < 1.29 is 19.1 Å². The third-order valence-electron chi connectivity index (χ3n) is 4.44. The number of nitrogens with zero attached hydrogens (tertiary/aromatic N) is 1. The molecule has 0 bridgehead atoms. The highest BCUT2D eigenvalue weighted by Gasteiger charge is 2.28. The molecule has 1 heterocycles. The van der Waals surface area contributed by atoms with Crippen molar-refractivity contribution in [3.8, 4) is 5.75 Å². The Labute approximate surface area is 136 Å². The van der Waals surface area contributed by atoms with Gasteiger partial charge in [0, 0.05) is 11.6 Å². The first-order valence-electron chi connectivity index (χ1n) is 7.60. The average Bonchev–Trinajstić information content (AvgIpc) is 2.91. The van der Waals surface area contributed by atoms with Crippen LogP contribution in [0.5, 0.6) is 5.75 Å². The van der Waals surface area contributed by atoms with Gasteiger partial charge in [-0.3, -0.25) is 9.36 Å². The summed E-state index contributed by atoms with van der Waals surface area (Å²) in [5.74, 6) is 0.679. The van der Waals surface area contributed by atoms with Crippen molar-refractivity contribution in [1.82, 2.24) is 4.57 Å². The number of benzene rings is 1. The fourth-order valence-corrected chi connectivity index (χ4v) is 2.36. The van der Waals surface area contributed by atoms with Crippen molar-refractivity contribution in [3.63, 3.8) is 0 Å². The van der Waals surface area contributed by atoms with Crippen LogP contribution < -0.4 is 4.74 Å². The summed E-state index contributed by atoms with van der Waals surface area (Å²) in [4.78, 5) is 24.0. The Bertz CT molecular complexity index is 756. The molecule has 0 atom stereocenters. The van der Waals surface area contributed by atoms with Gasteiger partial charge in [0.2, 0.25) is 0 Å². The lowest BCUT2D eigenvalue weighted by Gasteiger charge is -2.29. The Kier molecular flexibility index (Phi) is 4.50.